The van der Waals surface area contributed by atoms with E-state index in [-0.39, 0.29) is 12.0 Å². The van der Waals surface area contributed by atoms with Gasteiger partial charge in [0, 0.05) is 13.1 Å². The molecular formula is C15H19Cl2NO2. The predicted octanol–water partition coefficient (Wildman–Crippen LogP) is 3.16. The summed E-state index contributed by atoms with van der Waals surface area (Å²) in [5.74, 6) is 0.413. The molecule has 1 aliphatic rings. The van der Waals surface area contributed by atoms with Crippen LogP contribution in [0, 0.1) is 5.92 Å². The molecular weight excluding hydrogens is 297 g/mol. The first-order valence-electron chi connectivity index (χ1n) is 6.87. The minimum atomic E-state index is -0.290. The zero-order valence-electron chi connectivity index (χ0n) is 11.5. The van der Waals surface area contributed by atoms with Gasteiger partial charge in [-0.05, 0) is 43.4 Å². The molecule has 0 spiro atoms. The van der Waals surface area contributed by atoms with E-state index in [4.69, 9.17) is 23.2 Å². The highest BCUT2D eigenvalue weighted by atomic mass is 35.5. The Morgan fingerprint density at radius 1 is 1.35 bits per heavy atom. The summed E-state index contributed by atoms with van der Waals surface area (Å²) in [6, 6.07) is 5.28. The predicted molar refractivity (Wildman–Crippen MR) is 81.2 cm³/mol. The number of aliphatic hydroxyl groups is 1. The molecule has 110 valence electrons. The van der Waals surface area contributed by atoms with Crippen molar-refractivity contribution in [3.63, 3.8) is 0 Å². The summed E-state index contributed by atoms with van der Waals surface area (Å²) in [4.78, 5) is 14.1. The van der Waals surface area contributed by atoms with Crippen molar-refractivity contribution in [1.29, 1.82) is 0 Å². The molecule has 1 atom stereocenters. The summed E-state index contributed by atoms with van der Waals surface area (Å²) in [5, 5.41) is 10.5. The number of piperidine rings is 1. The Morgan fingerprint density at radius 2 is 2.00 bits per heavy atom. The number of amides is 1. The number of likely N-dealkylation sites (tertiary alicyclic amines) is 1. The number of hydrogen-bond donors (Lipinski definition) is 1. The van der Waals surface area contributed by atoms with Gasteiger partial charge in [-0.1, -0.05) is 29.3 Å². The molecule has 1 N–H and O–H groups in total. The number of aliphatic hydroxyl groups excluding tert-OH is 1. The first-order chi connectivity index (χ1) is 9.47. The van der Waals surface area contributed by atoms with Crippen LogP contribution in [-0.4, -0.2) is 35.1 Å². The average molecular weight is 316 g/mol. The Labute approximate surface area is 129 Å². The van der Waals surface area contributed by atoms with Gasteiger partial charge in [-0.3, -0.25) is 4.79 Å². The summed E-state index contributed by atoms with van der Waals surface area (Å²) >= 11 is 11.8. The van der Waals surface area contributed by atoms with Crippen molar-refractivity contribution in [3.05, 3.63) is 33.8 Å². The highest BCUT2D eigenvalue weighted by Gasteiger charge is 2.25. The monoisotopic (exact) mass is 315 g/mol. The SMILES string of the molecule is CC(O)C1CCN(C(=O)Cc2ccc(Cl)c(Cl)c2)CC1. The van der Waals surface area contributed by atoms with E-state index in [9.17, 15) is 9.90 Å². The molecule has 2 rings (SSSR count). The van der Waals surface area contributed by atoms with Crippen LogP contribution in [0.2, 0.25) is 10.0 Å². The fourth-order valence-electron chi connectivity index (χ4n) is 2.57. The molecule has 1 unspecified atom stereocenters. The molecule has 0 aromatic heterocycles. The third-order valence-corrected chi connectivity index (χ3v) is 4.65. The molecule has 1 fully saturated rings. The lowest BCUT2D eigenvalue weighted by Crippen LogP contribution is -2.41. The largest absolute Gasteiger partial charge is 0.393 e. The third kappa shape index (κ3) is 3.87. The van der Waals surface area contributed by atoms with E-state index < -0.39 is 0 Å². The Morgan fingerprint density at radius 3 is 2.55 bits per heavy atom. The number of nitrogens with zero attached hydrogens (tertiary/aromatic N) is 1. The number of benzene rings is 1. The fraction of sp³-hybridized carbons (Fsp3) is 0.533. The average Bonchev–Trinajstić information content (AvgIpc) is 2.43. The lowest BCUT2D eigenvalue weighted by atomic mass is 9.92. The molecule has 0 saturated carbocycles. The second-order valence-corrected chi connectivity index (χ2v) is 6.20. The van der Waals surface area contributed by atoms with Crippen LogP contribution in [0.1, 0.15) is 25.3 Å². The van der Waals surface area contributed by atoms with Crippen LogP contribution in [0.5, 0.6) is 0 Å². The summed E-state index contributed by atoms with van der Waals surface area (Å²) in [6.45, 7) is 3.25. The van der Waals surface area contributed by atoms with Crippen molar-refractivity contribution in [2.45, 2.75) is 32.3 Å². The van der Waals surface area contributed by atoms with Crippen LogP contribution in [0.4, 0.5) is 0 Å². The second kappa shape index (κ2) is 6.79. The number of rotatable bonds is 3. The number of hydrogen-bond acceptors (Lipinski definition) is 2. The summed E-state index contributed by atoms with van der Waals surface area (Å²) < 4.78 is 0. The zero-order chi connectivity index (χ0) is 14.7. The van der Waals surface area contributed by atoms with E-state index in [1.54, 1.807) is 12.1 Å². The van der Waals surface area contributed by atoms with E-state index in [2.05, 4.69) is 0 Å². The van der Waals surface area contributed by atoms with Crippen molar-refractivity contribution in [2.24, 2.45) is 5.92 Å². The molecule has 1 aliphatic heterocycles. The van der Waals surface area contributed by atoms with Crippen LogP contribution in [0.15, 0.2) is 18.2 Å². The second-order valence-electron chi connectivity index (χ2n) is 5.38. The third-order valence-electron chi connectivity index (χ3n) is 3.91. The van der Waals surface area contributed by atoms with Crippen LogP contribution < -0.4 is 0 Å². The van der Waals surface area contributed by atoms with E-state index in [0.29, 0.717) is 22.4 Å². The van der Waals surface area contributed by atoms with Crippen LogP contribution in [-0.2, 0) is 11.2 Å². The van der Waals surface area contributed by atoms with E-state index in [1.165, 1.54) is 0 Å². The molecule has 1 saturated heterocycles. The van der Waals surface area contributed by atoms with Crippen molar-refractivity contribution >= 4 is 29.1 Å². The maximum Gasteiger partial charge on any atom is 0.226 e. The van der Waals surface area contributed by atoms with Gasteiger partial charge in [-0.2, -0.15) is 0 Å². The maximum atomic E-state index is 12.2. The van der Waals surface area contributed by atoms with Crippen LogP contribution in [0.3, 0.4) is 0 Å². The molecule has 1 aromatic rings. The van der Waals surface area contributed by atoms with Gasteiger partial charge in [-0.15, -0.1) is 0 Å². The fourth-order valence-corrected chi connectivity index (χ4v) is 2.89. The van der Waals surface area contributed by atoms with Crippen molar-refractivity contribution < 1.29 is 9.90 Å². The van der Waals surface area contributed by atoms with Gasteiger partial charge in [0.05, 0.1) is 22.6 Å². The summed E-state index contributed by atoms with van der Waals surface area (Å²) in [7, 11) is 0. The van der Waals surface area contributed by atoms with Crippen molar-refractivity contribution in [3.8, 4) is 0 Å². The Balaban J connectivity index is 1.91. The highest BCUT2D eigenvalue weighted by molar-refractivity contribution is 6.42. The molecule has 0 bridgehead atoms. The van der Waals surface area contributed by atoms with Gasteiger partial charge >= 0.3 is 0 Å². The molecule has 1 heterocycles. The lowest BCUT2D eigenvalue weighted by Gasteiger charge is -2.33. The first kappa shape index (κ1) is 15.6. The number of carbonyl (C=O) groups excluding carboxylic acids is 1. The van der Waals surface area contributed by atoms with E-state index >= 15 is 0 Å². The van der Waals surface area contributed by atoms with Gasteiger partial charge in [0.15, 0.2) is 0 Å². The molecule has 0 radical (unpaired) electrons. The Kier molecular flexibility index (Phi) is 5.30. The maximum absolute atomic E-state index is 12.2. The van der Waals surface area contributed by atoms with Crippen molar-refractivity contribution in [2.75, 3.05) is 13.1 Å². The van der Waals surface area contributed by atoms with Gasteiger partial charge in [0.2, 0.25) is 5.91 Å². The van der Waals surface area contributed by atoms with E-state index in [1.807, 2.05) is 17.9 Å². The van der Waals surface area contributed by atoms with Crippen molar-refractivity contribution in [1.82, 2.24) is 4.90 Å². The highest BCUT2D eigenvalue weighted by Crippen LogP contribution is 2.24. The molecule has 3 nitrogen and oxygen atoms in total. The molecule has 1 amide bonds. The van der Waals surface area contributed by atoms with Gasteiger partial charge in [-0.25, -0.2) is 0 Å². The van der Waals surface area contributed by atoms with Gasteiger partial charge in [0.25, 0.3) is 0 Å². The summed E-state index contributed by atoms with van der Waals surface area (Å²) in [5.41, 5.74) is 0.877. The molecule has 5 heteroatoms. The quantitative estimate of drug-likeness (QED) is 0.930. The van der Waals surface area contributed by atoms with Crippen LogP contribution >= 0.6 is 23.2 Å². The summed E-state index contributed by atoms with van der Waals surface area (Å²) in [6.07, 6.45) is 1.79. The zero-order valence-corrected chi connectivity index (χ0v) is 13.0. The lowest BCUT2D eigenvalue weighted by molar-refractivity contribution is -0.132. The molecule has 0 aliphatic carbocycles. The number of halogens is 2. The van der Waals surface area contributed by atoms with Gasteiger partial charge in [0.1, 0.15) is 0 Å². The minimum Gasteiger partial charge on any atom is -0.393 e. The van der Waals surface area contributed by atoms with Gasteiger partial charge < -0.3 is 10.0 Å². The standard InChI is InChI=1S/C15H19Cl2NO2/c1-10(19)12-4-6-18(7-5-12)15(20)9-11-2-3-13(16)14(17)8-11/h2-3,8,10,12,19H,4-7,9H2,1H3. The molecule has 20 heavy (non-hydrogen) atoms. The van der Waals surface area contributed by atoms with E-state index in [0.717, 1.165) is 31.5 Å². The Hall–Kier alpha value is -0.770. The topological polar surface area (TPSA) is 40.5 Å². The van der Waals surface area contributed by atoms with Crippen LogP contribution in [0.25, 0.3) is 0 Å². The smallest absolute Gasteiger partial charge is 0.226 e. The Bertz CT molecular complexity index is 483. The minimum absolute atomic E-state index is 0.104. The number of carbonyl (C=O) groups is 1. The normalized spacial score (nSPS) is 18.1. The first-order valence-corrected chi connectivity index (χ1v) is 7.62. The molecule has 1 aromatic carbocycles.